The monoisotopic (exact) mass is 479 g/mol. The molecule has 1 aliphatic rings. The summed E-state index contributed by atoms with van der Waals surface area (Å²) in [5, 5.41) is 0.575. The van der Waals surface area contributed by atoms with Gasteiger partial charge in [0.15, 0.2) is 0 Å². The molecule has 8 nitrogen and oxygen atoms in total. The van der Waals surface area contributed by atoms with Gasteiger partial charge in [0, 0.05) is 50.9 Å². The maximum atomic E-state index is 13.0. The number of halogens is 1. The second-order valence-electron chi connectivity index (χ2n) is 7.62. The van der Waals surface area contributed by atoms with Crippen LogP contribution >= 0.6 is 11.6 Å². The molecule has 1 saturated heterocycles. The molecule has 1 amide bonds. The second-order valence-corrected chi connectivity index (χ2v) is 10.2. The first-order chi connectivity index (χ1) is 15.1. The van der Waals surface area contributed by atoms with Crippen molar-refractivity contribution in [3.63, 3.8) is 0 Å². The summed E-state index contributed by atoms with van der Waals surface area (Å²) in [5.41, 5.74) is 1.08. The van der Waals surface area contributed by atoms with Gasteiger partial charge in [-0.1, -0.05) is 29.8 Å². The van der Waals surface area contributed by atoms with E-state index in [9.17, 15) is 18.0 Å². The lowest BCUT2D eigenvalue weighted by molar-refractivity contribution is -0.148. The van der Waals surface area contributed by atoms with Crippen LogP contribution < -0.4 is 0 Å². The summed E-state index contributed by atoms with van der Waals surface area (Å²) in [5.74, 6) is -0.629. The molecule has 0 aromatic heterocycles. The molecule has 0 bridgehead atoms. The van der Waals surface area contributed by atoms with Gasteiger partial charge in [-0.3, -0.25) is 9.69 Å². The quantitative estimate of drug-likeness (QED) is 0.591. The molecule has 10 heteroatoms. The molecule has 1 heterocycles. The predicted octanol–water partition coefficient (Wildman–Crippen LogP) is 2.26. The van der Waals surface area contributed by atoms with Crippen LogP contribution in [-0.4, -0.2) is 81.8 Å². The van der Waals surface area contributed by atoms with Crippen molar-refractivity contribution in [3.05, 3.63) is 64.7 Å². The number of nitrogens with zero attached hydrogens (tertiary/aromatic N) is 3. The first-order valence-corrected chi connectivity index (χ1v) is 11.9. The SMILES string of the molecule is COC(=O)[C@H](c1ccc(Cl)cc1)N1CCN(C(=O)c2cccc(S(=O)(=O)N(C)C)c2)CC1. The predicted molar refractivity (Wildman–Crippen MR) is 121 cm³/mol. The maximum absolute atomic E-state index is 13.0. The van der Waals surface area contributed by atoms with Crippen LogP contribution in [0.5, 0.6) is 0 Å². The molecule has 0 unspecified atom stereocenters. The first-order valence-electron chi connectivity index (χ1n) is 10.0. The topological polar surface area (TPSA) is 87.2 Å². The van der Waals surface area contributed by atoms with Crippen molar-refractivity contribution >= 4 is 33.5 Å². The van der Waals surface area contributed by atoms with Gasteiger partial charge in [0.2, 0.25) is 10.0 Å². The minimum absolute atomic E-state index is 0.0699. The molecule has 0 N–H and O–H groups in total. The van der Waals surface area contributed by atoms with E-state index in [0.717, 1.165) is 9.87 Å². The van der Waals surface area contributed by atoms with Gasteiger partial charge in [0.05, 0.1) is 12.0 Å². The van der Waals surface area contributed by atoms with E-state index in [1.165, 1.54) is 33.3 Å². The third kappa shape index (κ3) is 5.12. The Balaban J connectivity index is 1.74. The normalized spacial score (nSPS) is 16.1. The number of ether oxygens (including phenoxy) is 1. The van der Waals surface area contributed by atoms with Gasteiger partial charge in [-0.2, -0.15) is 0 Å². The van der Waals surface area contributed by atoms with Crippen LogP contribution in [0.3, 0.4) is 0 Å². The van der Waals surface area contributed by atoms with Crippen molar-refractivity contribution in [2.45, 2.75) is 10.9 Å². The highest BCUT2D eigenvalue weighted by atomic mass is 35.5. The van der Waals surface area contributed by atoms with Crippen molar-refractivity contribution in [1.82, 2.24) is 14.1 Å². The number of amides is 1. The molecule has 0 radical (unpaired) electrons. The van der Waals surface area contributed by atoms with Crippen molar-refractivity contribution < 1.29 is 22.7 Å². The fraction of sp³-hybridized carbons (Fsp3) is 0.364. The summed E-state index contributed by atoms with van der Waals surface area (Å²) in [6.45, 7) is 1.71. The van der Waals surface area contributed by atoms with Gasteiger partial charge in [-0.05, 0) is 35.9 Å². The Morgan fingerprint density at radius 1 is 1.03 bits per heavy atom. The largest absolute Gasteiger partial charge is 0.468 e. The third-order valence-electron chi connectivity index (χ3n) is 5.44. The van der Waals surface area contributed by atoms with Crippen LogP contribution in [-0.2, 0) is 19.6 Å². The zero-order valence-electron chi connectivity index (χ0n) is 18.2. The number of piperazine rings is 1. The molecular formula is C22H26ClN3O5S. The van der Waals surface area contributed by atoms with Crippen LogP contribution in [0.2, 0.25) is 5.02 Å². The Bertz CT molecular complexity index is 1080. The molecule has 2 aromatic carbocycles. The number of benzene rings is 2. The Morgan fingerprint density at radius 3 is 2.22 bits per heavy atom. The van der Waals surface area contributed by atoms with Crippen LogP contribution in [0.15, 0.2) is 53.4 Å². The van der Waals surface area contributed by atoms with E-state index in [0.29, 0.717) is 36.8 Å². The van der Waals surface area contributed by atoms with Gasteiger partial charge < -0.3 is 9.64 Å². The second kappa shape index (κ2) is 9.99. The molecule has 32 heavy (non-hydrogen) atoms. The molecule has 172 valence electrons. The summed E-state index contributed by atoms with van der Waals surface area (Å²) >= 11 is 5.97. The number of methoxy groups -OCH3 is 1. The highest BCUT2D eigenvalue weighted by Gasteiger charge is 2.33. The molecule has 0 spiro atoms. The number of carbonyl (C=O) groups excluding carboxylic acids is 2. The Hall–Kier alpha value is -2.46. The van der Waals surface area contributed by atoms with Crippen molar-refractivity contribution in [2.24, 2.45) is 0 Å². The lowest BCUT2D eigenvalue weighted by Gasteiger charge is -2.38. The lowest BCUT2D eigenvalue weighted by Crippen LogP contribution is -2.51. The number of hydrogen-bond acceptors (Lipinski definition) is 6. The average molecular weight is 480 g/mol. The minimum atomic E-state index is -3.64. The molecule has 1 fully saturated rings. The molecule has 1 atom stereocenters. The molecular weight excluding hydrogens is 454 g/mol. The zero-order valence-corrected chi connectivity index (χ0v) is 19.8. The third-order valence-corrected chi connectivity index (χ3v) is 7.50. The first kappa shape index (κ1) is 24.2. The smallest absolute Gasteiger partial charge is 0.327 e. The Morgan fingerprint density at radius 2 is 1.66 bits per heavy atom. The molecule has 0 saturated carbocycles. The fourth-order valence-corrected chi connectivity index (χ4v) is 4.69. The standard InChI is InChI=1S/C22H26ClN3O5S/c1-24(2)32(29,30)19-6-4-5-17(15-19)21(27)26-13-11-25(12-14-26)20(22(28)31-3)16-7-9-18(23)10-8-16/h4-10,15,20H,11-14H2,1-3H3/t20-/m0/s1. The van der Waals surface area contributed by atoms with E-state index < -0.39 is 16.1 Å². The summed E-state index contributed by atoms with van der Waals surface area (Å²) in [7, 11) is 0.603. The van der Waals surface area contributed by atoms with Gasteiger partial charge in [0.1, 0.15) is 6.04 Å². The van der Waals surface area contributed by atoms with Gasteiger partial charge in [-0.15, -0.1) is 0 Å². The molecule has 0 aliphatic carbocycles. The number of rotatable bonds is 6. The number of hydrogen-bond donors (Lipinski definition) is 0. The maximum Gasteiger partial charge on any atom is 0.327 e. The summed E-state index contributed by atoms with van der Waals surface area (Å²) in [6.07, 6.45) is 0. The molecule has 1 aliphatic heterocycles. The average Bonchev–Trinajstić information content (AvgIpc) is 2.80. The zero-order chi connectivity index (χ0) is 23.5. The van der Waals surface area contributed by atoms with E-state index in [-0.39, 0.29) is 16.8 Å². The Kier molecular flexibility index (Phi) is 7.55. The van der Waals surface area contributed by atoms with Crippen molar-refractivity contribution in [2.75, 3.05) is 47.4 Å². The Labute approximate surface area is 193 Å². The van der Waals surface area contributed by atoms with E-state index in [4.69, 9.17) is 16.3 Å². The number of esters is 1. The van der Waals surface area contributed by atoms with Crippen LogP contribution in [0, 0.1) is 0 Å². The van der Waals surface area contributed by atoms with E-state index in [1.807, 2.05) is 4.90 Å². The fourth-order valence-electron chi connectivity index (χ4n) is 3.62. The number of carbonyl (C=O) groups is 2. The lowest BCUT2D eigenvalue weighted by atomic mass is 10.0. The summed E-state index contributed by atoms with van der Waals surface area (Å²) in [4.78, 5) is 29.2. The molecule has 2 aromatic rings. The van der Waals surface area contributed by atoms with Crippen molar-refractivity contribution in [3.8, 4) is 0 Å². The molecule has 3 rings (SSSR count). The minimum Gasteiger partial charge on any atom is -0.468 e. The van der Waals surface area contributed by atoms with E-state index >= 15 is 0 Å². The van der Waals surface area contributed by atoms with Crippen LogP contribution in [0.4, 0.5) is 0 Å². The van der Waals surface area contributed by atoms with Crippen LogP contribution in [0.1, 0.15) is 22.0 Å². The number of sulfonamides is 1. The van der Waals surface area contributed by atoms with Gasteiger partial charge in [-0.25, -0.2) is 17.5 Å². The van der Waals surface area contributed by atoms with Crippen LogP contribution in [0.25, 0.3) is 0 Å². The van der Waals surface area contributed by atoms with Gasteiger partial charge in [0.25, 0.3) is 5.91 Å². The van der Waals surface area contributed by atoms with Crippen molar-refractivity contribution in [1.29, 1.82) is 0 Å². The summed E-state index contributed by atoms with van der Waals surface area (Å²) in [6, 6.07) is 12.5. The summed E-state index contributed by atoms with van der Waals surface area (Å²) < 4.78 is 30.9. The highest BCUT2D eigenvalue weighted by Crippen LogP contribution is 2.26. The van der Waals surface area contributed by atoms with E-state index in [2.05, 4.69) is 0 Å². The highest BCUT2D eigenvalue weighted by molar-refractivity contribution is 7.89. The van der Waals surface area contributed by atoms with Gasteiger partial charge >= 0.3 is 5.97 Å². The van der Waals surface area contributed by atoms with E-state index in [1.54, 1.807) is 41.3 Å².